The smallest absolute Gasteiger partial charge is 0.220 e. The molecule has 122 valence electrons. The Labute approximate surface area is 135 Å². The van der Waals surface area contributed by atoms with Crippen molar-refractivity contribution in [2.45, 2.75) is 32.8 Å². The summed E-state index contributed by atoms with van der Waals surface area (Å²) in [5.41, 5.74) is 3.12. The molecule has 1 aromatic heterocycles. The number of carbonyl (C=O) groups is 1. The maximum atomic E-state index is 12.0. The molecule has 1 aromatic carbocycles. The Morgan fingerprint density at radius 2 is 2.13 bits per heavy atom. The standard InChI is InChI=1S/C17H21N3O3/c1-11-12(2)19-20-14(11)7-8-17(21)18-9-13-10-22-15-5-3-4-6-16(15)23-13/h3-6,13H,7-10H2,1-2H3,(H,18,21)(H,19,20)/t13-/m1/s1. The zero-order chi connectivity index (χ0) is 16.2. The number of carbonyl (C=O) groups excluding carboxylic acids is 1. The van der Waals surface area contributed by atoms with E-state index in [-0.39, 0.29) is 12.0 Å². The number of aromatic nitrogens is 2. The zero-order valence-corrected chi connectivity index (χ0v) is 13.4. The number of ether oxygens (including phenoxy) is 2. The summed E-state index contributed by atoms with van der Waals surface area (Å²) in [7, 11) is 0. The van der Waals surface area contributed by atoms with Crippen LogP contribution in [0, 0.1) is 13.8 Å². The van der Waals surface area contributed by atoms with Crippen molar-refractivity contribution >= 4 is 5.91 Å². The Bertz CT molecular complexity index is 696. The number of nitrogens with zero attached hydrogens (tertiary/aromatic N) is 1. The number of hydrogen-bond acceptors (Lipinski definition) is 4. The van der Waals surface area contributed by atoms with Crippen LogP contribution < -0.4 is 14.8 Å². The minimum absolute atomic E-state index is 0.00693. The van der Waals surface area contributed by atoms with E-state index in [0.717, 1.165) is 28.5 Å². The van der Waals surface area contributed by atoms with Gasteiger partial charge in [-0.05, 0) is 31.5 Å². The van der Waals surface area contributed by atoms with Crippen LogP contribution in [0.2, 0.25) is 0 Å². The maximum absolute atomic E-state index is 12.0. The average Bonchev–Trinajstić information content (AvgIpc) is 2.89. The molecule has 0 radical (unpaired) electrons. The molecule has 6 nitrogen and oxygen atoms in total. The molecule has 3 rings (SSSR count). The summed E-state index contributed by atoms with van der Waals surface area (Å²) < 4.78 is 11.4. The monoisotopic (exact) mass is 315 g/mol. The van der Waals surface area contributed by atoms with Crippen molar-refractivity contribution in [1.82, 2.24) is 15.5 Å². The molecule has 6 heteroatoms. The number of benzene rings is 1. The Morgan fingerprint density at radius 1 is 1.35 bits per heavy atom. The van der Waals surface area contributed by atoms with Crippen LogP contribution in [0.3, 0.4) is 0 Å². The molecule has 1 aliphatic heterocycles. The second-order valence-electron chi connectivity index (χ2n) is 5.72. The third-order valence-electron chi connectivity index (χ3n) is 4.04. The number of aryl methyl sites for hydroxylation is 2. The molecule has 2 heterocycles. The zero-order valence-electron chi connectivity index (χ0n) is 13.4. The van der Waals surface area contributed by atoms with Crippen molar-refractivity contribution in [3.05, 3.63) is 41.2 Å². The van der Waals surface area contributed by atoms with Crippen molar-refractivity contribution in [3.63, 3.8) is 0 Å². The van der Waals surface area contributed by atoms with E-state index >= 15 is 0 Å². The lowest BCUT2D eigenvalue weighted by atomic mass is 10.1. The molecule has 0 unspecified atom stereocenters. The van der Waals surface area contributed by atoms with E-state index < -0.39 is 0 Å². The summed E-state index contributed by atoms with van der Waals surface area (Å²) in [6.45, 7) is 4.86. The first-order valence-electron chi connectivity index (χ1n) is 7.79. The molecule has 0 spiro atoms. The SMILES string of the molecule is Cc1[nH]nc(CCC(=O)NC[C@@H]2COc3ccccc3O2)c1C. The molecule has 0 fully saturated rings. The van der Waals surface area contributed by atoms with E-state index in [9.17, 15) is 4.79 Å². The Balaban J connectivity index is 1.44. The van der Waals surface area contributed by atoms with Gasteiger partial charge in [-0.2, -0.15) is 5.10 Å². The lowest BCUT2D eigenvalue weighted by Gasteiger charge is -2.26. The molecular formula is C17H21N3O3. The Kier molecular flexibility index (Phi) is 4.50. The van der Waals surface area contributed by atoms with Gasteiger partial charge in [0.05, 0.1) is 12.2 Å². The summed E-state index contributed by atoms with van der Waals surface area (Å²) in [6, 6.07) is 7.55. The fourth-order valence-electron chi connectivity index (χ4n) is 2.49. The summed E-state index contributed by atoms with van der Waals surface area (Å²) in [6.07, 6.45) is 0.880. The minimum atomic E-state index is -0.164. The van der Waals surface area contributed by atoms with Gasteiger partial charge in [0.2, 0.25) is 5.91 Å². The van der Waals surface area contributed by atoms with Crippen LogP contribution in [-0.4, -0.2) is 35.4 Å². The highest BCUT2D eigenvalue weighted by molar-refractivity contribution is 5.76. The topological polar surface area (TPSA) is 76.2 Å². The van der Waals surface area contributed by atoms with Gasteiger partial charge in [0.15, 0.2) is 11.5 Å². The fraction of sp³-hybridized carbons (Fsp3) is 0.412. The van der Waals surface area contributed by atoms with E-state index in [2.05, 4.69) is 15.5 Å². The van der Waals surface area contributed by atoms with Gasteiger partial charge in [-0.25, -0.2) is 0 Å². The number of amides is 1. The van der Waals surface area contributed by atoms with Crippen molar-refractivity contribution in [2.75, 3.05) is 13.2 Å². The second kappa shape index (κ2) is 6.73. The number of nitrogens with one attached hydrogen (secondary N) is 2. The summed E-state index contributed by atoms with van der Waals surface area (Å²) in [5, 5.41) is 10.0. The molecule has 1 amide bonds. The minimum Gasteiger partial charge on any atom is -0.486 e. The normalized spacial score (nSPS) is 16.2. The van der Waals surface area contributed by atoms with Crippen LogP contribution in [-0.2, 0) is 11.2 Å². The molecule has 0 bridgehead atoms. The molecule has 1 atom stereocenters. The van der Waals surface area contributed by atoms with Crippen LogP contribution in [0.5, 0.6) is 11.5 Å². The lowest BCUT2D eigenvalue weighted by Crippen LogP contribution is -2.40. The van der Waals surface area contributed by atoms with E-state index in [1.807, 2.05) is 38.1 Å². The molecule has 23 heavy (non-hydrogen) atoms. The van der Waals surface area contributed by atoms with Gasteiger partial charge < -0.3 is 14.8 Å². The van der Waals surface area contributed by atoms with Crippen LogP contribution in [0.1, 0.15) is 23.4 Å². The van der Waals surface area contributed by atoms with Gasteiger partial charge in [0.1, 0.15) is 12.7 Å². The Hall–Kier alpha value is -2.50. The quantitative estimate of drug-likeness (QED) is 0.884. The van der Waals surface area contributed by atoms with Crippen molar-refractivity contribution < 1.29 is 14.3 Å². The molecule has 2 N–H and O–H groups in total. The summed E-state index contributed by atoms with van der Waals surface area (Å²) in [5.74, 6) is 1.47. The molecule has 0 aliphatic carbocycles. The molecule has 1 aliphatic rings. The molecule has 0 saturated heterocycles. The van der Waals surface area contributed by atoms with Crippen molar-refractivity contribution in [3.8, 4) is 11.5 Å². The first-order chi connectivity index (χ1) is 11.1. The van der Waals surface area contributed by atoms with Gasteiger partial charge in [0, 0.05) is 18.5 Å². The van der Waals surface area contributed by atoms with E-state index in [0.29, 0.717) is 26.0 Å². The van der Waals surface area contributed by atoms with Crippen LogP contribution in [0.4, 0.5) is 0 Å². The number of H-pyrrole nitrogens is 1. The predicted octanol–water partition coefficient (Wildman–Crippen LogP) is 1.92. The number of para-hydroxylation sites is 2. The summed E-state index contributed by atoms with van der Waals surface area (Å²) >= 11 is 0. The van der Waals surface area contributed by atoms with Crippen LogP contribution in [0.25, 0.3) is 0 Å². The molecular weight excluding hydrogens is 294 g/mol. The Morgan fingerprint density at radius 3 is 2.87 bits per heavy atom. The number of hydrogen-bond donors (Lipinski definition) is 2. The van der Waals surface area contributed by atoms with Gasteiger partial charge in [-0.3, -0.25) is 9.89 Å². The van der Waals surface area contributed by atoms with Crippen molar-refractivity contribution in [1.29, 1.82) is 0 Å². The van der Waals surface area contributed by atoms with Crippen molar-refractivity contribution in [2.24, 2.45) is 0 Å². The highest BCUT2D eigenvalue weighted by atomic mass is 16.6. The fourth-order valence-corrected chi connectivity index (χ4v) is 2.49. The summed E-state index contributed by atoms with van der Waals surface area (Å²) in [4.78, 5) is 12.0. The highest BCUT2D eigenvalue weighted by Gasteiger charge is 2.21. The molecule has 0 saturated carbocycles. The van der Waals surface area contributed by atoms with Gasteiger partial charge in [0.25, 0.3) is 0 Å². The number of aromatic amines is 1. The first-order valence-corrected chi connectivity index (χ1v) is 7.79. The van der Waals surface area contributed by atoms with Crippen LogP contribution in [0.15, 0.2) is 24.3 Å². The third-order valence-corrected chi connectivity index (χ3v) is 4.04. The largest absolute Gasteiger partial charge is 0.486 e. The van der Waals surface area contributed by atoms with E-state index in [1.54, 1.807) is 0 Å². The average molecular weight is 315 g/mol. The van der Waals surface area contributed by atoms with E-state index in [4.69, 9.17) is 9.47 Å². The number of fused-ring (bicyclic) bond motifs is 1. The lowest BCUT2D eigenvalue weighted by molar-refractivity contribution is -0.121. The molecule has 2 aromatic rings. The van der Waals surface area contributed by atoms with Gasteiger partial charge >= 0.3 is 0 Å². The number of rotatable bonds is 5. The van der Waals surface area contributed by atoms with Crippen LogP contribution >= 0.6 is 0 Å². The predicted molar refractivity (Wildman–Crippen MR) is 85.7 cm³/mol. The van der Waals surface area contributed by atoms with E-state index in [1.165, 1.54) is 0 Å². The first kappa shape index (κ1) is 15.4. The maximum Gasteiger partial charge on any atom is 0.220 e. The highest BCUT2D eigenvalue weighted by Crippen LogP contribution is 2.30. The van der Waals surface area contributed by atoms with Gasteiger partial charge in [-0.1, -0.05) is 12.1 Å². The second-order valence-corrected chi connectivity index (χ2v) is 5.72. The third kappa shape index (κ3) is 3.64. The van der Waals surface area contributed by atoms with Gasteiger partial charge in [-0.15, -0.1) is 0 Å².